The van der Waals surface area contributed by atoms with Crippen LogP contribution in [0.1, 0.15) is 29.5 Å². The molecule has 0 fully saturated rings. The minimum Gasteiger partial charge on any atom is -0.355 e. The third-order valence-electron chi connectivity index (χ3n) is 3.66. The van der Waals surface area contributed by atoms with Gasteiger partial charge in [-0.25, -0.2) is 0 Å². The van der Waals surface area contributed by atoms with Crippen molar-refractivity contribution in [3.05, 3.63) is 65.2 Å². The second kappa shape index (κ2) is 8.04. The Labute approximate surface area is 137 Å². The molecule has 1 N–H and O–H groups in total. The lowest BCUT2D eigenvalue weighted by atomic mass is 10.0. The zero-order valence-corrected chi connectivity index (χ0v) is 14.2. The molecule has 3 heteroatoms. The van der Waals surface area contributed by atoms with E-state index in [1.54, 1.807) is 11.8 Å². The molecule has 22 heavy (non-hydrogen) atoms. The fraction of sp³-hybridized carbons (Fsp3) is 0.316. The van der Waals surface area contributed by atoms with Gasteiger partial charge in [0.05, 0.1) is 5.75 Å². The molecule has 0 saturated heterocycles. The number of nitrogens with one attached hydrogen (secondary N) is 1. The van der Waals surface area contributed by atoms with Crippen LogP contribution in [0.4, 0.5) is 0 Å². The van der Waals surface area contributed by atoms with Crippen molar-refractivity contribution in [2.45, 2.75) is 31.6 Å². The minimum atomic E-state index is 0.0905. The molecule has 1 amide bonds. The molecular formula is C19H23NOS. The number of hydrogen-bond donors (Lipinski definition) is 1. The van der Waals surface area contributed by atoms with E-state index in [1.165, 1.54) is 21.6 Å². The SMILES string of the molecule is Cc1ccc(SCC(=O)NC[C@@H](C)c2ccccc2)c(C)c1. The minimum absolute atomic E-state index is 0.0905. The Bertz CT molecular complexity index is 625. The fourth-order valence-electron chi connectivity index (χ4n) is 2.32. The van der Waals surface area contributed by atoms with Gasteiger partial charge in [-0.05, 0) is 37.0 Å². The van der Waals surface area contributed by atoms with E-state index in [4.69, 9.17) is 0 Å². The Hall–Kier alpha value is -1.74. The van der Waals surface area contributed by atoms with E-state index in [2.05, 4.69) is 56.4 Å². The zero-order valence-electron chi connectivity index (χ0n) is 13.4. The third-order valence-corrected chi connectivity index (χ3v) is 4.84. The van der Waals surface area contributed by atoms with Crippen molar-refractivity contribution in [1.29, 1.82) is 0 Å². The van der Waals surface area contributed by atoms with Crippen LogP contribution >= 0.6 is 11.8 Å². The molecule has 0 spiro atoms. The van der Waals surface area contributed by atoms with Gasteiger partial charge in [-0.2, -0.15) is 0 Å². The van der Waals surface area contributed by atoms with E-state index in [0.717, 1.165) is 0 Å². The number of rotatable bonds is 6. The van der Waals surface area contributed by atoms with Crippen LogP contribution in [0.25, 0.3) is 0 Å². The molecule has 0 unspecified atom stereocenters. The average molecular weight is 313 g/mol. The maximum atomic E-state index is 12.0. The summed E-state index contributed by atoms with van der Waals surface area (Å²) in [5, 5.41) is 3.02. The van der Waals surface area contributed by atoms with Gasteiger partial charge < -0.3 is 5.32 Å². The molecular weight excluding hydrogens is 290 g/mol. The van der Waals surface area contributed by atoms with E-state index in [-0.39, 0.29) is 5.91 Å². The summed E-state index contributed by atoms with van der Waals surface area (Å²) in [5.41, 5.74) is 3.74. The number of benzene rings is 2. The molecule has 116 valence electrons. The Kier molecular flexibility index (Phi) is 6.08. The number of thioether (sulfide) groups is 1. The average Bonchev–Trinajstić information content (AvgIpc) is 2.52. The molecule has 0 aromatic heterocycles. The van der Waals surface area contributed by atoms with Gasteiger partial charge in [0.15, 0.2) is 0 Å². The van der Waals surface area contributed by atoms with Gasteiger partial charge in [0.1, 0.15) is 0 Å². The van der Waals surface area contributed by atoms with Gasteiger partial charge in [-0.3, -0.25) is 4.79 Å². The highest BCUT2D eigenvalue weighted by atomic mass is 32.2. The number of amides is 1. The number of hydrogen-bond acceptors (Lipinski definition) is 2. The number of carbonyl (C=O) groups excluding carboxylic acids is 1. The van der Waals surface area contributed by atoms with Crippen molar-refractivity contribution in [2.24, 2.45) is 0 Å². The summed E-state index contributed by atoms with van der Waals surface area (Å²) in [6.07, 6.45) is 0. The summed E-state index contributed by atoms with van der Waals surface area (Å²) < 4.78 is 0. The molecule has 0 bridgehead atoms. The fourth-order valence-corrected chi connectivity index (χ4v) is 3.16. The molecule has 0 aliphatic heterocycles. The normalized spacial score (nSPS) is 12.0. The van der Waals surface area contributed by atoms with Crippen LogP contribution in [0.2, 0.25) is 0 Å². The van der Waals surface area contributed by atoms with Crippen molar-refractivity contribution >= 4 is 17.7 Å². The quantitative estimate of drug-likeness (QED) is 0.805. The summed E-state index contributed by atoms with van der Waals surface area (Å²) in [6.45, 7) is 6.98. The molecule has 2 aromatic carbocycles. The number of aryl methyl sites for hydroxylation is 2. The lowest BCUT2D eigenvalue weighted by molar-refractivity contribution is -0.118. The standard InChI is InChI=1S/C19H23NOS/c1-14-9-10-18(15(2)11-14)22-13-19(21)20-12-16(3)17-7-5-4-6-8-17/h4-11,16H,12-13H2,1-3H3,(H,20,21)/t16-/m1/s1. The summed E-state index contributed by atoms with van der Waals surface area (Å²) >= 11 is 1.60. The molecule has 0 radical (unpaired) electrons. The summed E-state index contributed by atoms with van der Waals surface area (Å²) in [5.74, 6) is 0.884. The summed E-state index contributed by atoms with van der Waals surface area (Å²) in [6, 6.07) is 16.6. The van der Waals surface area contributed by atoms with Crippen LogP contribution in [-0.2, 0) is 4.79 Å². The van der Waals surface area contributed by atoms with Crippen LogP contribution in [0, 0.1) is 13.8 Å². The van der Waals surface area contributed by atoms with Gasteiger partial charge in [-0.1, -0.05) is 55.0 Å². The molecule has 2 rings (SSSR count). The summed E-state index contributed by atoms with van der Waals surface area (Å²) in [4.78, 5) is 13.2. The molecule has 0 heterocycles. The lowest BCUT2D eigenvalue weighted by Gasteiger charge is -2.13. The number of carbonyl (C=O) groups is 1. The first kappa shape index (κ1) is 16.6. The Morgan fingerprint density at radius 3 is 2.55 bits per heavy atom. The van der Waals surface area contributed by atoms with Crippen molar-refractivity contribution in [3.63, 3.8) is 0 Å². The summed E-state index contributed by atoms with van der Waals surface area (Å²) in [7, 11) is 0. The van der Waals surface area contributed by atoms with Crippen LogP contribution in [0.3, 0.4) is 0 Å². The second-order valence-corrected chi connectivity index (χ2v) is 6.69. The monoisotopic (exact) mass is 313 g/mol. The molecule has 0 aliphatic rings. The van der Waals surface area contributed by atoms with E-state index in [9.17, 15) is 4.79 Å². The first-order valence-corrected chi connectivity index (χ1v) is 8.56. The van der Waals surface area contributed by atoms with Crippen LogP contribution in [0.5, 0.6) is 0 Å². The van der Waals surface area contributed by atoms with Crippen LogP contribution < -0.4 is 5.32 Å². The van der Waals surface area contributed by atoms with Crippen molar-refractivity contribution in [2.75, 3.05) is 12.3 Å². The molecule has 2 aromatic rings. The highest BCUT2D eigenvalue weighted by Gasteiger charge is 2.08. The lowest BCUT2D eigenvalue weighted by Crippen LogP contribution is -2.28. The van der Waals surface area contributed by atoms with Gasteiger partial charge in [0.25, 0.3) is 0 Å². The Morgan fingerprint density at radius 2 is 1.86 bits per heavy atom. The molecule has 2 nitrogen and oxygen atoms in total. The van der Waals surface area contributed by atoms with E-state index in [1.807, 2.05) is 18.2 Å². The van der Waals surface area contributed by atoms with Crippen LogP contribution in [-0.4, -0.2) is 18.2 Å². The maximum absolute atomic E-state index is 12.0. The maximum Gasteiger partial charge on any atom is 0.230 e. The second-order valence-electron chi connectivity index (χ2n) is 5.67. The van der Waals surface area contributed by atoms with E-state index >= 15 is 0 Å². The first-order valence-electron chi connectivity index (χ1n) is 7.58. The van der Waals surface area contributed by atoms with Gasteiger partial charge in [0.2, 0.25) is 5.91 Å². The van der Waals surface area contributed by atoms with Crippen molar-refractivity contribution in [3.8, 4) is 0 Å². The van der Waals surface area contributed by atoms with Gasteiger partial charge in [-0.15, -0.1) is 11.8 Å². The molecule has 1 atom stereocenters. The van der Waals surface area contributed by atoms with Crippen molar-refractivity contribution < 1.29 is 4.79 Å². The molecule has 0 aliphatic carbocycles. The third kappa shape index (κ3) is 4.92. The first-order chi connectivity index (χ1) is 10.6. The smallest absolute Gasteiger partial charge is 0.230 e. The highest BCUT2D eigenvalue weighted by Crippen LogP contribution is 2.23. The Balaban J connectivity index is 1.78. The Morgan fingerprint density at radius 1 is 1.14 bits per heavy atom. The van der Waals surface area contributed by atoms with E-state index < -0.39 is 0 Å². The predicted molar refractivity (Wildman–Crippen MR) is 94.5 cm³/mol. The highest BCUT2D eigenvalue weighted by molar-refractivity contribution is 8.00. The topological polar surface area (TPSA) is 29.1 Å². The van der Waals surface area contributed by atoms with Crippen LogP contribution in [0.15, 0.2) is 53.4 Å². The largest absolute Gasteiger partial charge is 0.355 e. The van der Waals surface area contributed by atoms with E-state index in [0.29, 0.717) is 18.2 Å². The van der Waals surface area contributed by atoms with Gasteiger partial charge >= 0.3 is 0 Å². The molecule has 0 saturated carbocycles. The zero-order chi connectivity index (χ0) is 15.9. The van der Waals surface area contributed by atoms with Crippen molar-refractivity contribution in [1.82, 2.24) is 5.32 Å². The van der Waals surface area contributed by atoms with Gasteiger partial charge in [0, 0.05) is 11.4 Å². The predicted octanol–water partition coefficient (Wildman–Crippen LogP) is 4.32.